The summed E-state index contributed by atoms with van der Waals surface area (Å²) in [5, 5.41) is 0. The Labute approximate surface area is 110 Å². The van der Waals surface area contributed by atoms with Gasteiger partial charge in [-0.25, -0.2) is 0 Å². The fraction of sp³-hybridized carbons (Fsp3) is 0.667. The second kappa shape index (κ2) is 3.96. The lowest BCUT2D eigenvalue weighted by molar-refractivity contribution is -0.0723. The molecule has 0 radical (unpaired) electrons. The molecule has 0 aromatic carbocycles. The lowest BCUT2D eigenvalue weighted by atomic mass is 9.91. The van der Waals surface area contributed by atoms with E-state index in [1.54, 1.807) is 17.7 Å². The van der Waals surface area contributed by atoms with Crippen LogP contribution < -0.4 is 10.3 Å². The van der Waals surface area contributed by atoms with E-state index in [4.69, 9.17) is 21.1 Å². The summed E-state index contributed by atoms with van der Waals surface area (Å²) in [4.78, 5) is 15.5. The largest absolute Gasteiger partial charge is 0.461 e. The Kier molecular flexibility index (Phi) is 2.64. The number of aryl methyl sites for hydroxylation is 1. The molecule has 3 heterocycles. The van der Waals surface area contributed by atoms with Crippen molar-refractivity contribution in [2.45, 2.75) is 32.1 Å². The Morgan fingerprint density at radius 3 is 3.17 bits per heavy atom. The molecule has 5 nitrogen and oxygen atoms in total. The SMILES string of the molecule is Cc1cn2c(nc1=O)OC[C@@]1(CCl)O[C@@H]2C[C@@H]1C. The zero-order chi connectivity index (χ0) is 12.9. The van der Waals surface area contributed by atoms with Gasteiger partial charge in [0.1, 0.15) is 18.4 Å². The highest BCUT2D eigenvalue weighted by Gasteiger charge is 2.49. The molecule has 1 aromatic rings. The molecule has 3 rings (SSSR count). The van der Waals surface area contributed by atoms with Crippen LogP contribution in [0.1, 0.15) is 25.1 Å². The zero-order valence-electron chi connectivity index (χ0n) is 10.4. The Balaban J connectivity index is 2.09. The van der Waals surface area contributed by atoms with Crippen LogP contribution in [0.4, 0.5) is 0 Å². The molecule has 0 unspecified atom stereocenters. The molecule has 1 saturated heterocycles. The molecule has 2 bridgehead atoms. The maximum absolute atomic E-state index is 11.6. The highest BCUT2D eigenvalue weighted by molar-refractivity contribution is 6.18. The van der Waals surface area contributed by atoms with E-state index in [2.05, 4.69) is 11.9 Å². The predicted octanol–water partition coefficient (Wildman–Crippen LogP) is 1.48. The third-order valence-electron chi connectivity index (χ3n) is 3.89. The average Bonchev–Trinajstić information content (AvgIpc) is 2.59. The van der Waals surface area contributed by atoms with E-state index in [1.165, 1.54) is 0 Å². The number of nitrogens with zero attached hydrogens (tertiary/aromatic N) is 2. The summed E-state index contributed by atoms with van der Waals surface area (Å²) in [6.07, 6.45) is 2.45. The molecular weight excluding hydrogens is 256 g/mol. The number of hydrogen-bond donors (Lipinski definition) is 0. The van der Waals surface area contributed by atoms with Crippen LogP contribution in [0, 0.1) is 12.8 Å². The highest BCUT2D eigenvalue weighted by atomic mass is 35.5. The van der Waals surface area contributed by atoms with Crippen molar-refractivity contribution in [2.75, 3.05) is 12.5 Å². The Hall–Kier alpha value is -1.07. The molecule has 0 amide bonds. The topological polar surface area (TPSA) is 53.4 Å². The normalized spacial score (nSPS) is 33.7. The van der Waals surface area contributed by atoms with Crippen LogP contribution in [0.5, 0.6) is 6.01 Å². The molecule has 1 aromatic heterocycles. The minimum absolute atomic E-state index is 0.150. The molecule has 1 fully saturated rings. The van der Waals surface area contributed by atoms with Crippen LogP contribution >= 0.6 is 11.6 Å². The van der Waals surface area contributed by atoms with Crippen LogP contribution in [0.15, 0.2) is 11.0 Å². The van der Waals surface area contributed by atoms with Gasteiger partial charge in [-0.05, 0) is 19.3 Å². The van der Waals surface area contributed by atoms with E-state index >= 15 is 0 Å². The maximum Gasteiger partial charge on any atom is 0.301 e. The molecule has 2 aliphatic rings. The van der Waals surface area contributed by atoms with E-state index < -0.39 is 5.60 Å². The minimum atomic E-state index is -0.475. The average molecular weight is 271 g/mol. The molecule has 98 valence electrons. The van der Waals surface area contributed by atoms with Crippen molar-refractivity contribution < 1.29 is 9.47 Å². The van der Waals surface area contributed by atoms with Crippen molar-refractivity contribution in [3.8, 4) is 6.01 Å². The first-order valence-electron chi connectivity index (χ1n) is 6.02. The van der Waals surface area contributed by atoms with Gasteiger partial charge in [-0.2, -0.15) is 4.98 Å². The molecular formula is C12H15ClN2O3. The van der Waals surface area contributed by atoms with Crippen molar-refractivity contribution in [1.29, 1.82) is 0 Å². The highest BCUT2D eigenvalue weighted by Crippen LogP contribution is 2.45. The van der Waals surface area contributed by atoms with Crippen LogP contribution in [-0.2, 0) is 4.74 Å². The van der Waals surface area contributed by atoms with Crippen molar-refractivity contribution >= 4 is 11.6 Å². The fourth-order valence-electron chi connectivity index (χ4n) is 2.55. The number of halogens is 1. The Morgan fingerprint density at radius 1 is 1.67 bits per heavy atom. The lowest BCUT2D eigenvalue weighted by Gasteiger charge is -2.28. The summed E-state index contributed by atoms with van der Waals surface area (Å²) in [7, 11) is 0. The van der Waals surface area contributed by atoms with E-state index in [1.807, 2.05) is 0 Å². The summed E-state index contributed by atoms with van der Waals surface area (Å²) in [5.41, 5.74) is -0.146. The third-order valence-corrected chi connectivity index (χ3v) is 4.35. The van der Waals surface area contributed by atoms with E-state index in [0.717, 1.165) is 6.42 Å². The van der Waals surface area contributed by atoms with Crippen LogP contribution in [0.25, 0.3) is 0 Å². The molecule has 3 atom stereocenters. The smallest absolute Gasteiger partial charge is 0.301 e. The van der Waals surface area contributed by atoms with Crippen LogP contribution in [0.2, 0.25) is 0 Å². The lowest BCUT2D eigenvalue weighted by Crippen LogP contribution is -2.42. The van der Waals surface area contributed by atoms with E-state index in [0.29, 0.717) is 30.0 Å². The standard InChI is InChI=1S/C12H15ClN2O3/c1-7-4-15-9-3-8(2)12(5-13,18-9)6-17-11(15)14-10(7)16/h4,8-9H,3,5-6H2,1-2H3/t8-,9+,12+/m0/s1. The predicted molar refractivity (Wildman–Crippen MR) is 66.1 cm³/mol. The Bertz CT molecular complexity index is 545. The van der Waals surface area contributed by atoms with Gasteiger partial charge < -0.3 is 9.47 Å². The van der Waals surface area contributed by atoms with E-state index in [9.17, 15) is 4.79 Å². The quantitative estimate of drug-likeness (QED) is 0.726. The third kappa shape index (κ3) is 1.57. The summed E-state index contributed by atoms with van der Waals surface area (Å²) in [5.74, 6) is 0.690. The molecule has 0 aliphatic carbocycles. The number of ether oxygens (including phenoxy) is 2. The molecule has 6 heteroatoms. The van der Waals surface area contributed by atoms with E-state index in [-0.39, 0.29) is 11.8 Å². The van der Waals surface area contributed by atoms with Gasteiger partial charge in [-0.15, -0.1) is 11.6 Å². The molecule has 0 saturated carbocycles. The monoisotopic (exact) mass is 270 g/mol. The van der Waals surface area contributed by atoms with Crippen molar-refractivity contribution in [3.63, 3.8) is 0 Å². The van der Waals surface area contributed by atoms with Gasteiger partial charge in [-0.1, -0.05) is 6.92 Å². The van der Waals surface area contributed by atoms with Crippen LogP contribution in [-0.4, -0.2) is 27.6 Å². The van der Waals surface area contributed by atoms with Crippen molar-refractivity contribution in [3.05, 3.63) is 22.1 Å². The van der Waals surface area contributed by atoms with Gasteiger partial charge in [0.05, 0.1) is 5.88 Å². The number of rotatable bonds is 1. The summed E-state index contributed by atoms with van der Waals surface area (Å²) in [6, 6.07) is 0.328. The number of aromatic nitrogens is 2. The van der Waals surface area contributed by atoms with Crippen molar-refractivity contribution in [2.24, 2.45) is 5.92 Å². The van der Waals surface area contributed by atoms with Gasteiger partial charge in [0.2, 0.25) is 0 Å². The number of alkyl halides is 1. The maximum atomic E-state index is 11.6. The molecule has 0 N–H and O–H groups in total. The summed E-state index contributed by atoms with van der Waals surface area (Å²) < 4.78 is 13.5. The van der Waals surface area contributed by atoms with Gasteiger partial charge in [-0.3, -0.25) is 9.36 Å². The zero-order valence-corrected chi connectivity index (χ0v) is 11.1. The first-order valence-corrected chi connectivity index (χ1v) is 6.55. The molecule has 0 spiro atoms. The minimum Gasteiger partial charge on any atom is -0.461 e. The summed E-state index contributed by atoms with van der Waals surface area (Å²) >= 11 is 6.04. The first-order chi connectivity index (χ1) is 8.55. The second-order valence-electron chi connectivity index (χ2n) is 5.12. The first kappa shape index (κ1) is 12.0. The fourth-order valence-corrected chi connectivity index (χ4v) is 2.96. The second-order valence-corrected chi connectivity index (χ2v) is 5.38. The number of hydrogen-bond acceptors (Lipinski definition) is 4. The summed E-state index contributed by atoms with van der Waals surface area (Å²) in [6.45, 7) is 4.18. The van der Waals surface area contributed by atoms with Crippen LogP contribution in [0.3, 0.4) is 0 Å². The molecule has 18 heavy (non-hydrogen) atoms. The Morgan fingerprint density at radius 2 is 2.44 bits per heavy atom. The van der Waals surface area contributed by atoms with Gasteiger partial charge in [0.15, 0.2) is 0 Å². The van der Waals surface area contributed by atoms with Crippen molar-refractivity contribution in [1.82, 2.24) is 9.55 Å². The molecule has 2 aliphatic heterocycles. The van der Waals surface area contributed by atoms with Gasteiger partial charge in [0, 0.05) is 11.8 Å². The van der Waals surface area contributed by atoms with Gasteiger partial charge in [0.25, 0.3) is 5.56 Å². The number of fused-ring (bicyclic) bond motifs is 4. The van der Waals surface area contributed by atoms with Gasteiger partial charge >= 0.3 is 6.01 Å².